The lowest BCUT2D eigenvalue weighted by atomic mass is 9.93. The molecule has 1 aromatic carbocycles. The van der Waals surface area contributed by atoms with E-state index in [0.717, 1.165) is 43.9 Å². The van der Waals surface area contributed by atoms with Gasteiger partial charge in [-0.15, -0.1) is 12.4 Å². The zero-order valence-electron chi connectivity index (χ0n) is 17.7. The van der Waals surface area contributed by atoms with Crippen LogP contribution >= 0.6 is 12.4 Å². The van der Waals surface area contributed by atoms with Gasteiger partial charge in [-0.2, -0.15) is 0 Å². The summed E-state index contributed by atoms with van der Waals surface area (Å²) >= 11 is 0. The lowest BCUT2D eigenvalue weighted by Crippen LogP contribution is -2.45. The molecule has 0 bridgehead atoms. The number of furan rings is 1. The highest BCUT2D eigenvalue weighted by Crippen LogP contribution is 2.27. The fourth-order valence-electron chi connectivity index (χ4n) is 4.31. The monoisotopic (exact) mass is 431 g/mol. The van der Waals surface area contributed by atoms with Crippen LogP contribution < -0.4 is 0 Å². The van der Waals surface area contributed by atoms with Crippen LogP contribution in [0.1, 0.15) is 40.3 Å². The van der Waals surface area contributed by atoms with E-state index in [1.807, 2.05) is 54.2 Å². The van der Waals surface area contributed by atoms with Gasteiger partial charge in [0.05, 0.1) is 13.1 Å². The summed E-state index contributed by atoms with van der Waals surface area (Å²) in [5.41, 5.74) is 1.95. The van der Waals surface area contributed by atoms with Crippen molar-refractivity contribution in [2.45, 2.75) is 32.4 Å². The molecular formula is C23H30ClN3O3. The molecule has 3 heterocycles. The molecule has 1 fully saturated rings. The van der Waals surface area contributed by atoms with Gasteiger partial charge in [0.1, 0.15) is 11.5 Å². The summed E-state index contributed by atoms with van der Waals surface area (Å²) in [6, 6.07) is 11.5. The van der Waals surface area contributed by atoms with E-state index in [1.165, 1.54) is 5.56 Å². The Balaban J connectivity index is 0.00000256. The van der Waals surface area contributed by atoms with Crippen molar-refractivity contribution < 1.29 is 14.0 Å². The number of benzene rings is 1. The summed E-state index contributed by atoms with van der Waals surface area (Å²) in [6.45, 7) is 3.35. The van der Waals surface area contributed by atoms with Crippen molar-refractivity contribution >= 4 is 24.2 Å². The van der Waals surface area contributed by atoms with Gasteiger partial charge in [-0.05, 0) is 57.1 Å². The molecule has 0 N–H and O–H groups in total. The predicted molar refractivity (Wildman–Crippen MR) is 118 cm³/mol. The second-order valence-electron chi connectivity index (χ2n) is 8.34. The number of hydrogen-bond acceptors (Lipinski definition) is 4. The van der Waals surface area contributed by atoms with Crippen LogP contribution in [0, 0.1) is 5.92 Å². The molecule has 2 aromatic rings. The highest BCUT2D eigenvalue weighted by molar-refractivity contribution is 5.94. The standard InChI is InChI=1S/C23H29N3O3.ClH/c1-24(2)15-20-14-19-10-13-26(16-21(19)29-20)23(28)18-8-11-25(12-9-18)22(27)17-6-4-3-5-7-17;/h3-7,14,18H,8-13,15-16H2,1-2H3;1H. The number of hydrogen-bond donors (Lipinski definition) is 0. The maximum atomic E-state index is 13.1. The first-order chi connectivity index (χ1) is 14.0. The molecule has 2 aliphatic heterocycles. The Morgan fingerprint density at radius 3 is 2.43 bits per heavy atom. The van der Waals surface area contributed by atoms with Crippen molar-refractivity contribution in [1.82, 2.24) is 14.7 Å². The number of amides is 2. The van der Waals surface area contributed by atoms with Crippen molar-refractivity contribution in [1.29, 1.82) is 0 Å². The van der Waals surface area contributed by atoms with Crippen LogP contribution in [0.15, 0.2) is 40.8 Å². The molecular weight excluding hydrogens is 402 g/mol. The van der Waals surface area contributed by atoms with Crippen LogP contribution in [0.4, 0.5) is 0 Å². The van der Waals surface area contributed by atoms with E-state index in [9.17, 15) is 9.59 Å². The molecule has 2 amide bonds. The van der Waals surface area contributed by atoms with Gasteiger partial charge < -0.3 is 19.1 Å². The first-order valence-electron chi connectivity index (χ1n) is 10.4. The average molecular weight is 432 g/mol. The van der Waals surface area contributed by atoms with Gasteiger partial charge >= 0.3 is 0 Å². The third-order valence-corrected chi connectivity index (χ3v) is 5.87. The lowest BCUT2D eigenvalue weighted by Gasteiger charge is -2.35. The van der Waals surface area contributed by atoms with E-state index in [4.69, 9.17) is 4.42 Å². The number of fused-ring (bicyclic) bond motifs is 1. The summed E-state index contributed by atoms with van der Waals surface area (Å²) in [5, 5.41) is 0. The lowest BCUT2D eigenvalue weighted by molar-refractivity contribution is -0.138. The molecule has 0 atom stereocenters. The normalized spacial score (nSPS) is 16.9. The van der Waals surface area contributed by atoms with Gasteiger partial charge in [-0.1, -0.05) is 18.2 Å². The topological polar surface area (TPSA) is 57.0 Å². The smallest absolute Gasteiger partial charge is 0.253 e. The summed E-state index contributed by atoms with van der Waals surface area (Å²) < 4.78 is 5.99. The van der Waals surface area contributed by atoms with E-state index in [2.05, 4.69) is 11.0 Å². The maximum Gasteiger partial charge on any atom is 0.253 e. The van der Waals surface area contributed by atoms with Gasteiger partial charge in [0.15, 0.2) is 0 Å². The fourth-order valence-corrected chi connectivity index (χ4v) is 4.31. The van der Waals surface area contributed by atoms with Crippen molar-refractivity contribution in [2.75, 3.05) is 33.7 Å². The van der Waals surface area contributed by atoms with Gasteiger partial charge in [-0.25, -0.2) is 0 Å². The third kappa shape index (κ3) is 4.87. The Bertz CT molecular complexity index is 873. The Hall–Kier alpha value is -2.31. The molecule has 1 saturated heterocycles. The molecule has 7 heteroatoms. The number of carbonyl (C=O) groups excluding carboxylic acids is 2. The van der Waals surface area contributed by atoms with E-state index < -0.39 is 0 Å². The van der Waals surface area contributed by atoms with E-state index in [-0.39, 0.29) is 30.1 Å². The maximum absolute atomic E-state index is 13.1. The molecule has 0 unspecified atom stereocenters. The summed E-state index contributed by atoms with van der Waals surface area (Å²) in [4.78, 5) is 31.6. The Morgan fingerprint density at radius 2 is 1.77 bits per heavy atom. The van der Waals surface area contributed by atoms with Crippen LogP contribution in [0.5, 0.6) is 0 Å². The number of likely N-dealkylation sites (tertiary alicyclic amines) is 1. The third-order valence-electron chi connectivity index (χ3n) is 5.87. The number of nitrogens with zero attached hydrogens (tertiary/aromatic N) is 3. The molecule has 162 valence electrons. The zero-order valence-corrected chi connectivity index (χ0v) is 18.5. The van der Waals surface area contributed by atoms with Crippen LogP contribution in [0.25, 0.3) is 0 Å². The van der Waals surface area contributed by atoms with Gasteiger partial charge in [-0.3, -0.25) is 9.59 Å². The minimum atomic E-state index is -0.00687. The zero-order chi connectivity index (χ0) is 20.4. The van der Waals surface area contributed by atoms with Gasteiger partial charge in [0.2, 0.25) is 5.91 Å². The van der Waals surface area contributed by atoms with Crippen molar-refractivity contribution in [3.05, 3.63) is 59.0 Å². The summed E-state index contributed by atoms with van der Waals surface area (Å²) in [7, 11) is 4.04. The van der Waals surface area contributed by atoms with Crippen molar-refractivity contribution in [3.63, 3.8) is 0 Å². The molecule has 4 rings (SSSR count). The average Bonchev–Trinajstić information content (AvgIpc) is 3.14. The van der Waals surface area contributed by atoms with E-state index in [1.54, 1.807) is 0 Å². The van der Waals surface area contributed by atoms with Crippen LogP contribution in [-0.4, -0.2) is 60.2 Å². The summed E-state index contributed by atoms with van der Waals surface area (Å²) in [6.07, 6.45) is 2.30. The van der Waals surface area contributed by atoms with E-state index >= 15 is 0 Å². The highest BCUT2D eigenvalue weighted by atomic mass is 35.5. The quantitative estimate of drug-likeness (QED) is 0.746. The molecule has 6 nitrogen and oxygen atoms in total. The second-order valence-corrected chi connectivity index (χ2v) is 8.34. The molecule has 0 spiro atoms. The first-order valence-corrected chi connectivity index (χ1v) is 10.4. The fraction of sp³-hybridized carbons (Fsp3) is 0.478. The number of rotatable bonds is 4. The largest absolute Gasteiger partial charge is 0.463 e. The van der Waals surface area contributed by atoms with Gasteiger partial charge in [0.25, 0.3) is 5.91 Å². The Morgan fingerprint density at radius 1 is 1.07 bits per heavy atom. The highest BCUT2D eigenvalue weighted by Gasteiger charge is 2.32. The minimum Gasteiger partial charge on any atom is -0.463 e. The van der Waals surface area contributed by atoms with Gasteiger partial charge in [0, 0.05) is 31.1 Å². The molecule has 30 heavy (non-hydrogen) atoms. The Labute approximate surface area is 184 Å². The van der Waals surface area contributed by atoms with Crippen molar-refractivity contribution in [2.24, 2.45) is 5.92 Å². The Kier molecular flexibility index (Phi) is 7.21. The van der Waals surface area contributed by atoms with Crippen molar-refractivity contribution in [3.8, 4) is 0 Å². The summed E-state index contributed by atoms with van der Waals surface area (Å²) in [5.74, 6) is 2.14. The SMILES string of the molecule is CN(C)Cc1cc2c(o1)CN(C(=O)C1CCN(C(=O)c3ccccc3)CC1)CC2.Cl. The number of piperidine rings is 1. The predicted octanol–water partition coefficient (Wildman–Crippen LogP) is 3.20. The number of halogens is 1. The second kappa shape index (κ2) is 9.67. The number of carbonyl (C=O) groups is 2. The first kappa shape index (κ1) is 22.4. The van der Waals surface area contributed by atoms with Crippen LogP contribution in [0.2, 0.25) is 0 Å². The van der Waals surface area contributed by atoms with Crippen LogP contribution in [-0.2, 0) is 24.3 Å². The molecule has 1 aromatic heterocycles. The minimum absolute atomic E-state index is 0. The molecule has 2 aliphatic rings. The van der Waals surface area contributed by atoms with E-state index in [0.29, 0.717) is 25.2 Å². The molecule has 0 aliphatic carbocycles. The van der Waals surface area contributed by atoms with Crippen LogP contribution in [0.3, 0.4) is 0 Å². The molecule has 0 radical (unpaired) electrons. The molecule has 0 saturated carbocycles.